The number of benzene rings is 1. The fourth-order valence-corrected chi connectivity index (χ4v) is 4.22. The zero-order valence-electron chi connectivity index (χ0n) is 15.7. The van der Waals surface area contributed by atoms with Gasteiger partial charge in [0.1, 0.15) is 5.75 Å². The summed E-state index contributed by atoms with van der Waals surface area (Å²) in [5.74, 6) is 0.643. The number of amides is 1. The Hall–Kier alpha value is -2.71. The van der Waals surface area contributed by atoms with E-state index >= 15 is 0 Å². The van der Waals surface area contributed by atoms with Crippen LogP contribution in [0.4, 0.5) is 0 Å². The summed E-state index contributed by atoms with van der Waals surface area (Å²) < 4.78 is 7.02. The maximum Gasteiger partial charge on any atom is 0.273 e. The molecule has 3 heterocycles. The molecule has 3 aromatic rings. The molecule has 0 unspecified atom stereocenters. The number of piperidine rings is 1. The standard InChI is InChI=1S/C20H23N5O2S/c1-27-16-4-2-14(3-5-16)19-7-6-17(28-19)12-22-20(26)18-13-25(24-23-18)15-8-10-21-11-9-15/h2-7,13,15,21H,8-12H2,1H3,(H,22,26). The van der Waals surface area contributed by atoms with Gasteiger partial charge >= 0.3 is 0 Å². The number of nitrogens with one attached hydrogen (secondary N) is 2. The molecule has 146 valence electrons. The van der Waals surface area contributed by atoms with E-state index in [4.69, 9.17) is 4.74 Å². The molecule has 1 fully saturated rings. The summed E-state index contributed by atoms with van der Waals surface area (Å²) in [4.78, 5) is 14.7. The van der Waals surface area contributed by atoms with Crippen molar-refractivity contribution in [3.63, 3.8) is 0 Å². The molecule has 2 N–H and O–H groups in total. The van der Waals surface area contributed by atoms with Gasteiger partial charge in [0.2, 0.25) is 0 Å². The van der Waals surface area contributed by atoms with Crippen LogP contribution in [0, 0.1) is 0 Å². The third-order valence-corrected chi connectivity index (χ3v) is 6.02. The van der Waals surface area contributed by atoms with Gasteiger partial charge in [-0.1, -0.05) is 5.21 Å². The Balaban J connectivity index is 1.35. The predicted octanol–water partition coefficient (Wildman–Crippen LogP) is 2.87. The van der Waals surface area contributed by atoms with Crippen LogP contribution in [-0.2, 0) is 6.54 Å². The van der Waals surface area contributed by atoms with Crippen molar-refractivity contribution in [2.75, 3.05) is 20.2 Å². The summed E-state index contributed by atoms with van der Waals surface area (Å²) in [5, 5.41) is 14.5. The van der Waals surface area contributed by atoms with Crippen molar-refractivity contribution >= 4 is 17.2 Å². The van der Waals surface area contributed by atoms with E-state index in [0.29, 0.717) is 18.3 Å². The van der Waals surface area contributed by atoms with Gasteiger partial charge in [-0.3, -0.25) is 4.79 Å². The number of nitrogens with zero attached hydrogens (tertiary/aromatic N) is 3. The number of hydrogen-bond donors (Lipinski definition) is 2. The highest BCUT2D eigenvalue weighted by molar-refractivity contribution is 7.15. The maximum atomic E-state index is 12.4. The minimum absolute atomic E-state index is 0.195. The molecule has 2 aromatic heterocycles. The first-order valence-electron chi connectivity index (χ1n) is 9.37. The van der Waals surface area contributed by atoms with Crippen LogP contribution in [0.5, 0.6) is 5.75 Å². The average Bonchev–Trinajstić information content (AvgIpc) is 3.43. The van der Waals surface area contributed by atoms with Gasteiger partial charge in [-0.15, -0.1) is 16.4 Å². The molecule has 0 bridgehead atoms. The molecule has 28 heavy (non-hydrogen) atoms. The number of thiophene rings is 1. The molecule has 0 radical (unpaired) electrons. The van der Waals surface area contributed by atoms with E-state index in [-0.39, 0.29) is 5.91 Å². The summed E-state index contributed by atoms with van der Waals surface area (Å²) in [5.41, 5.74) is 1.50. The van der Waals surface area contributed by atoms with E-state index in [1.165, 1.54) is 0 Å². The Morgan fingerprint density at radius 1 is 1.25 bits per heavy atom. The molecule has 1 amide bonds. The highest BCUT2D eigenvalue weighted by atomic mass is 32.1. The van der Waals surface area contributed by atoms with Crippen molar-refractivity contribution in [1.82, 2.24) is 25.6 Å². The van der Waals surface area contributed by atoms with E-state index < -0.39 is 0 Å². The van der Waals surface area contributed by atoms with Crippen LogP contribution in [-0.4, -0.2) is 41.1 Å². The SMILES string of the molecule is COc1ccc(-c2ccc(CNC(=O)c3cn(C4CCNCC4)nn3)s2)cc1. The smallest absolute Gasteiger partial charge is 0.273 e. The third kappa shape index (κ3) is 4.23. The Morgan fingerprint density at radius 2 is 2.04 bits per heavy atom. The van der Waals surface area contributed by atoms with E-state index in [1.54, 1.807) is 24.6 Å². The van der Waals surface area contributed by atoms with Gasteiger partial charge in [0.25, 0.3) is 5.91 Å². The molecule has 1 saturated heterocycles. The van der Waals surface area contributed by atoms with Gasteiger partial charge in [-0.2, -0.15) is 0 Å². The Morgan fingerprint density at radius 3 is 2.79 bits per heavy atom. The molecule has 0 saturated carbocycles. The molecular weight excluding hydrogens is 374 g/mol. The van der Waals surface area contributed by atoms with Crippen LogP contribution >= 0.6 is 11.3 Å². The topological polar surface area (TPSA) is 81.1 Å². The van der Waals surface area contributed by atoms with Crippen molar-refractivity contribution in [2.45, 2.75) is 25.4 Å². The molecule has 1 aliphatic heterocycles. The van der Waals surface area contributed by atoms with Crippen molar-refractivity contribution in [3.05, 3.63) is 53.2 Å². The van der Waals surface area contributed by atoms with E-state index in [9.17, 15) is 4.79 Å². The van der Waals surface area contributed by atoms with Crippen LogP contribution in [0.15, 0.2) is 42.6 Å². The minimum atomic E-state index is -0.195. The van der Waals surface area contributed by atoms with Crippen LogP contribution in [0.25, 0.3) is 10.4 Å². The van der Waals surface area contributed by atoms with Crippen LogP contribution in [0.2, 0.25) is 0 Å². The predicted molar refractivity (Wildman–Crippen MR) is 109 cm³/mol. The monoisotopic (exact) mass is 397 g/mol. The van der Waals surface area contributed by atoms with E-state index in [0.717, 1.165) is 47.0 Å². The lowest BCUT2D eigenvalue weighted by molar-refractivity contribution is 0.0946. The number of carbonyl (C=O) groups is 1. The highest BCUT2D eigenvalue weighted by Crippen LogP contribution is 2.29. The van der Waals surface area contributed by atoms with E-state index in [2.05, 4.69) is 27.0 Å². The van der Waals surface area contributed by atoms with Crippen LogP contribution in [0.3, 0.4) is 0 Å². The normalized spacial score (nSPS) is 14.8. The minimum Gasteiger partial charge on any atom is -0.497 e. The number of methoxy groups -OCH3 is 1. The number of hydrogen-bond acceptors (Lipinski definition) is 6. The van der Waals surface area contributed by atoms with E-state index in [1.807, 2.05) is 35.0 Å². The molecule has 1 aliphatic rings. The largest absolute Gasteiger partial charge is 0.497 e. The third-order valence-electron chi connectivity index (χ3n) is 4.89. The lowest BCUT2D eigenvalue weighted by Gasteiger charge is -2.22. The van der Waals surface area contributed by atoms with Gasteiger partial charge in [-0.25, -0.2) is 4.68 Å². The lowest BCUT2D eigenvalue weighted by atomic mass is 10.1. The molecule has 0 atom stereocenters. The molecule has 1 aromatic carbocycles. The van der Waals surface area contributed by atoms with Crippen molar-refractivity contribution in [1.29, 1.82) is 0 Å². The number of ether oxygens (including phenoxy) is 1. The molecule has 8 heteroatoms. The Labute approximate surface area is 167 Å². The fourth-order valence-electron chi connectivity index (χ4n) is 3.27. The lowest BCUT2D eigenvalue weighted by Crippen LogP contribution is -2.29. The summed E-state index contributed by atoms with van der Waals surface area (Å²) in [7, 11) is 1.66. The zero-order valence-corrected chi connectivity index (χ0v) is 16.5. The molecule has 0 spiro atoms. The first kappa shape index (κ1) is 18.6. The Kier molecular flexibility index (Phi) is 5.68. The number of rotatable bonds is 6. The highest BCUT2D eigenvalue weighted by Gasteiger charge is 2.18. The van der Waals surface area contributed by atoms with Crippen LogP contribution in [0.1, 0.15) is 34.2 Å². The summed E-state index contributed by atoms with van der Waals surface area (Å²) in [6.45, 7) is 2.42. The second-order valence-corrected chi connectivity index (χ2v) is 7.91. The van der Waals surface area contributed by atoms with Crippen molar-refractivity contribution < 1.29 is 9.53 Å². The summed E-state index contributed by atoms with van der Waals surface area (Å²) in [6.07, 6.45) is 3.77. The number of aromatic nitrogens is 3. The van der Waals surface area contributed by atoms with Gasteiger partial charge in [0.05, 0.1) is 25.9 Å². The first-order valence-corrected chi connectivity index (χ1v) is 10.2. The summed E-state index contributed by atoms with van der Waals surface area (Å²) in [6, 6.07) is 12.4. The fraction of sp³-hybridized carbons (Fsp3) is 0.350. The molecule has 0 aliphatic carbocycles. The molecule has 4 rings (SSSR count). The van der Waals surface area contributed by atoms with Crippen molar-refractivity contribution in [3.8, 4) is 16.2 Å². The van der Waals surface area contributed by atoms with Gasteiger partial charge in [0, 0.05) is 9.75 Å². The van der Waals surface area contributed by atoms with Gasteiger partial charge in [0.15, 0.2) is 5.69 Å². The maximum absolute atomic E-state index is 12.4. The van der Waals surface area contributed by atoms with Gasteiger partial charge < -0.3 is 15.4 Å². The summed E-state index contributed by atoms with van der Waals surface area (Å²) >= 11 is 1.66. The van der Waals surface area contributed by atoms with Gasteiger partial charge in [-0.05, 0) is 67.9 Å². The molecular formula is C20H23N5O2S. The molecule has 7 nitrogen and oxygen atoms in total. The zero-order chi connectivity index (χ0) is 19.3. The number of carbonyl (C=O) groups excluding carboxylic acids is 1. The van der Waals surface area contributed by atoms with Crippen molar-refractivity contribution in [2.24, 2.45) is 0 Å². The first-order chi connectivity index (χ1) is 13.7. The second-order valence-electron chi connectivity index (χ2n) is 6.74. The second kappa shape index (κ2) is 8.53. The Bertz CT molecular complexity index is 928. The quantitative estimate of drug-likeness (QED) is 0.668. The van der Waals surface area contributed by atoms with Crippen LogP contribution < -0.4 is 15.4 Å². The average molecular weight is 398 g/mol.